The fraction of sp³-hybridized carbons (Fsp3) is 0.562. The summed E-state index contributed by atoms with van der Waals surface area (Å²) in [6.07, 6.45) is 4.41. The van der Waals surface area contributed by atoms with Crippen LogP contribution in [0.5, 0.6) is 0 Å². The minimum Gasteiger partial charge on any atom is -0.345 e. The minimum absolute atomic E-state index is 0.222. The molecule has 0 aromatic heterocycles. The molecule has 2 saturated heterocycles. The van der Waals surface area contributed by atoms with E-state index >= 15 is 0 Å². The fourth-order valence-corrected chi connectivity index (χ4v) is 3.43. The van der Waals surface area contributed by atoms with Crippen LogP contribution < -0.4 is 5.32 Å². The Morgan fingerprint density at radius 2 is 2.11 bits per heavy atom. The van der Waals surface area contributed by atoms with E-state index in [0.29, 0.717) is 18.0 Å². The summed E-state index contributed by atoms with van der Waals surface area (Å²) >= 11 is 0. The predicted molar refractivity (Wildman–Crippen MR) is 75.8 cm³/mol. The van der Waals surface area contributed by atoms with Gasteiger partial charge in [0.15, 0.2) is 0 Å². The molecule has 0 saturated carbocycles. The molecule has 0 radical (unpaired) electrons. The van der Waals surface area contributed by atoms with E-state index in [0.717, 1.165) is 19.4 Å². The van der Waals surface area contributed by atoms with E-state index in [9.17, 15) is 4.79 Å². The van der Waals surface area contributed by atoms with Crippen molar-refractivity contribution in [2.24, 2.45) is 5.92 Å². The van der Waals surface area contributed by atoms with Gasteiger partial charge in [-0.25, -0.2) is 0 Å². The molecule has 3 nitrogen and oxygen atoms in total. The highest BCUT2D eigenvalue weighted by atomic mass is 16.2. The number of hydrogen-bond acceptors (Lipinski definition) is 2. The van der Waals surface area contributed by atoms with Crippen molar-refractivity contribution in [3.05, 3.63) is 35.9 Å². The molecule has 1 amide bonds. The van der Waals surface area contributed by atoms with Crippen LogP contribution in [0.15, 0.2) is 30.3 Å². The van der Waals surface area contributed by atoms with Crippen molar-refractivity contribution >= 4 is 5.91 Å². The summed E-state index contributed by atoms with van der Waals surface area (Å²) in [5.74, 6) is 0.551. The molecule has 1 N–H and O–H groups in total. The Bertz CT molecular complexity index is 445. The van der Waals surface area contributed by atoms with Crippen LogP contribution in [0, 0.1) is 5.92 Å². The molecule has 3 unspecified atom stereocenters. The molecule has 2 aliphatic heterocycles. The summed E-state index contributed by atoms with van der Waals surface area (Å²) in [6.45, 7) is 0.816. The van der Waals surface area contributed by atoms with Crippen molar-refractivity contribution in [3.63, 3.8) is 0 Å². The zero-order chi connectivity index (χ0) is 13.2. The molecule has 0 spiro atoms. The highest BCUT2D eigenvalue weighted by Crippen LogP contribution is 2.34. The van der Waals surface area contributed by atoms with Gasteiger partial charge in [-0.1, -0.05) is 30.3 Å². The lowest BCUT2D eigenvalue weighted by Gasteiger charge is -2.25. The van der Waals surface area contributed by atoms with Gasteiger partial charge in [0, 0.05) is 25.7 Å². The van der Waals surface area contributed by atoms with Crippen LogP contribution >= 0.6 is 0 Å². The third kappa shape index (κ3) is 2.66. The number of likely N-dealkylation sites (N-methyl/N-ethyl adjacent to an activating group) is 1. The Balaban J connectivity index is 1.53. The topological polar surface area (TPSA) is 32.3 Å². The summed E-state index contributed by atoms with van der Waals surface area (Å²) in [7, 11) is 1.94. The van der Waals surface area contributed by atoms with Gasteiger partial charge in [-0.15, -0.1) is 0 Å². The molecule has 19 heavy (non-hydrogen) atoms. The molecular formula is C16H22N2O. The number of fused-ring (bicyclic) bond motifs is 2. The first-order valence-corrected chi connectivity index (χ1v) is 7.29. The second-order valence-electron chi connectivity index (χ2n) is 5.89. The molecule has 2 bridgehead atoms. The summed E-state index contributed by atoms with van der Waals surface area (Å²) in [6, 6.07) is 11.4. The fourth-order valence-electron chi connectivity index (χ4n) is 3.43. The van der Waals surface area contributed by atoms with Crippen molar-refractivity contribution in [2.75, 3.05) is 13.6 Å². The highest BCUT2D eigenvalue weighted by Gasteiger charge is 2.43. The van der Waals surface area contributed by atoms with Gasteiger partial charge in [-0.2, -0.15) is 0 Å². The van der Waals surface area contributed by atoms with Crippen LogP contribution in [0.3, 0.4) is 0 Å². The first-order valence-electron chi connectivity index (χ1n) is 7.29. The van der Waals surface area contributed by atoms with E-state index in [2.05, 4.69) is 29.6 Å². The standard InChI is InChI=1S/C16H22N2O/c1-18(10-9-12-5-3-2-4-6-12)16(19)14-11-13-7-8-15(14)17-13/h2-6,13-15,17H,7-11H2,1H3. The molecule has 3 heteroatoms. The van der Waals surface area contributed by atoms with Crippen molar-refractivity contribution in [3.8, 4) is 0 Å². The van der Waals surface area contributed by atoms with Crippen LogP contribution in [0.4, 0.5) is 0 Å². The Labute approximate surface area is 115 Å². The highest BCUT2D eigenvalue weighted by molar-refractivity contribution is 5.80. The molecule has 2 aliphatic rings. The van der Waals surface area contributed by atoms with Gasteiger partial charge in [-0.05, 0) is 31.2 Å². The van der Waals surface area contributed by atoms with E-state index in [4.69, 9.17) is 0 Å². The van der Waals surface area contributed by atoms with Crippen LogP contribution in [-0.2, 0) is 11.2 Å². The third-order valence-corrected chi connectivity index (χ3v) is 4.57. The second-order valence-corrected chi connectivity index (χ2v) is 5.89. The van der Waals surface area contributed by atoms with E-state index in [-0.39, 0.29) is 5.92 Å². The van der Waals surface area contributed by atoms with Crippen molar-refractivity contribution < 1.29 is 4.79 Å². The van der Waals surface area contributed by atoms with Crippen molar-refractivity contribution in [1.82, 2.24) is 10.2 Å². The molecular weight excluding hydrogens is 236 g/mol. The lowest BCUT2D eigenvalue weighted by Crippen LogP contribution is -2.39. The molecule has 3 atom stereocenters. The first-order chi connectivity index (χ1) is 9.24. The number of hydrogen-bond donors (Lipinski definition) is 1. The number of amides is 1. The Morgan fingerprint density at radius 3 is 2.74 bits per heavy atom. The summed E-state index contributed by atoms with van der Waals surface area (Å²) < 4.78 is 0. The quantitative estimate of drug-likeness (QED) is 0.893. The summed E-state index contributed by atoms with van der Waals surface area (Å²) in [4.78, 5) is 14.4. The lowest BCUT2D eigenvalue weighted by molar-refractivity contribution is -0.134. The number of benzene rings is 1. The van der Waals surface area contributed by atoms with Crippen LogP contribution in [-0.4, -0.2) is 36.5 Å². The SMILES string of the molecule is CN(CCc1ccccc1)C(=O)C1CC2CCC1N2. The number of carbonyl (C=O) groups is 1. The van der Waals surface area contributed by atoms with E-state index in [1.807, 2.05) is 18.0 Å². The Morgan fingerprint density at radius 1 is 1.32 bits per heavy atom. The van der Waals surface area contributed by atoms with E-state index < -0.39 is 0 Å². The van der Waals surface area contributed by atoms with E-state index in [1.54, 1.807) is 0 Å². The van der Waals surface area contributed by atoms with Gasteiger partial charge in [0.1, 0.15) is 0 Å². The molecule has 1 aromatic carbocycles. The van der Waals surface area contributed by atoms with Gasteiger partial charge in [-0.3, -0.25) is 4.79 Å². The van der Waals surface area contributed by atoms with Crippen LogP contribution in [0.25, 0.3) is 0 Å². The predicted octanol–water partition coefficient (Wildman–Crippen LogP) is 1.83. The van der Waals surface area contributed by atoms with Crippen LogP contribution in [0.1, 0.15) is 24.8 Å². The van der Waals surface area contributed by atoms with Crippen molar-refractivity contribution in [2.45, 2.75) is 37.8 Å². The average molecular weight is 258 g/mol. The lowest BCUT2D eigenvalue weighted by atomic mass is 9.88. The number of carbonyl (C=O) groups excluding carboxylic acids is 1. The van der Waals surface area contributed by atoms with E-state index in [1.165, 1.54) is 18.4 Å². The van der Waals surface area contributed by atoms with Gasteiger partial charge in [0.25, 0.3) is 0 Å². The molecule has 102 valence electrons. The zero-order valence-corrected chi connectivity index (χ0v) is 11.5. The third-order valence-electron chi connectivity index (χ3n) is 4.57. The molecule has 3 rings (SSSR count). The average Bonchev–Trinajstić information content (AvgIpc) is 3.07. The van der Waals surface area contributed by atoms with Crippen molar-refractivity contribution in [1.29, 1.82) is 0 Å². The Kier molecular flexibility index (Phi) is 3.56. The minimum atomic E-state index is 0.222. The van der Waals surface area contributed by atoms with Gasteiger partial charge >= 0.3 is 0 Å². The first kappa shape index (κ1) is 12.7. The van der Waals surface area contributed by atoms with Gasteiger partial charge < -0.3 is 10.2 Å². The molecule has 2 fully saturated rings. The molecule has 0 aliphatic carbocycles. The normalized spacial score (nSPS) is 28.6. The maximum atomic E-state index is 12.4. The number of nitrogens with zero attached hydrogens (tertiary/aromatic N) is 1. The molecule has 1 aromatic rings. The van der Waals surface area contributed by atoms with Crippen LogP contribution in [0.2, 0.25) is 0 Å². The Hall–Kier alpha value is -1.35. The zero-order valence-electron chi connectivity index (χ0n) is 11.5. The number of nitrogens with one attached hydrogen (secondary N) is 1. The summed E-state index contributed by atoms with van der Waals surface area (Å²) in [5, 5.41) is 3.54. The number of rotatable bonds is 4. The smallest absolute Gasteiger partial charge is 0.227 e. The second kappa shape index (κ2) is 5.33. The largest absolute Gasteiger partial charge is 0.345 e. The van der Waals surface area contributed by atoms with Gasteiger partial charge in [0.05, 0.1) is 5.92 Å². The molecule has 2 heterocycles. The summed E-state index contributed by atoms with van der Waals surface area (Å²) in [5.41, 5.74) is 1.30. The maximum absolute atomic E-state index is 12.4. The van der Waals surface area contributed by atoms with Gasteiger partial charge in [0.2, 0.25) is 5.91 Å². The maximum Gasteiger partial charge on any atom is 0.227 e. The monoisotopic (exact) mass is 258 g/mol.